The van der Waals surface area contributed by atoms with E-state index in [1.165, 1.54) is 5.56 Å². The molecular weight excluding hydrogens is 463 g/mol. The number of hydrogen-bond donors (Lipinski definition) is 2. The lowest BCUT2D eigenvalue weighted by molar-refractivity contribution is 0.562. The Kier molecular flexibility index (Phi) is 7.61. The summed E-state index contributed by atoms with van der Waals surface area (Å²) in [5, 5.41) is 1.39. The Morgan fingerprint density at radius 3 is 2.09 bits per heavy atom. The standard InChI is InChI=1S/C28H28Cl2N4/c1-2-6-26(19-9-13-21(29)14-10-19)34(23-7-4-3-5-8-23)18-25-28(24(31)17-27(32)33-25)20-11-15-22(30)16-12-20/h3-5,7-17,26H,2,6,18H2,1H3,(H4,31,32,33). The van der Waals surface area contributed by atoms with E-state index in [2.05, 4.69) is 48.2 Å². The van der Waals surface area contributed by atoms with E-state index in [0.717, 1.165) is 40.4 Å². The molecule has 6 heteroatoms. The molecule has 174 valence electrons. The maximum absolute atomic E-state index is 6.48. The second-order valence-electron chi connectivity index (χ2n) is 8.28. The normalized spacial score (nSPS) is 11.9. The van der Waals surface area contributed by atoms with Crippen LogP contribution in [0.1, 0.15) is 37.1 Å². The number of rotatable bonds is 8. The van der Waals surface area contributed by atoms with E-state index in [1.807, 2.05) is 42.5 Å². The highest BCUT2D eigenvalue weighted by Gasteiger charge is 2.24. The smallest absolute Gasteiger partial charge is 0.125 e. The molecule has 0 saturated heterocycles. The second kappa shape index (κ2) is 10.8. The molecule has 0 fully saturated rings. The molecule has 0 spiro atoms. The quantitative estimate of drug-likeness (QED) is 0.264. The van der Waals surface area contributed by atoms with Crippen molar-refractivity contribution in [3.05, 3.63) is 106 Å². The average Bonchev–Trinajstić information content (AvgIpc) is 2.83. The van der Waals surface area contributed by atoms with Crippen molar-refractivity contribution in [2.45, 2.75) is 32.4 Å². The van der Waals surface area contributed by atoms with Crippen LogP contribution >= 0.6 is 23.2 Å². The third-order valence-electron chi connectivity index (χ3n) is 5.88. The SMILES string of the molecule is CCCC(c1ccc(Cl)cc1)N(Cc1nc(N)cc(N)c1-c1ccc(Cl)cc1)c1ccccc1. The zero-order valence-corrected chi connectivity index (χ0v) is 20.6. The Morgan fingerprint density at radius 2 is 1.47 bits per heavy atom. The lowest BCUT2D eigenvalue weighted by Gasteiger charge is -2.35. The molecule has 4 N–H and O–H groups in total. The van der Waals surface area contributed by atoms with Crippen molar-refractivity contribution in [1.82, 2.24) is 4.98 Å². The first-order valence-corrected chi connectivity index (χ1v) is 12.1. The van der Waals surface area contributed by atoms with E-state index < -0.39 is 0 Å². The van der Waals surface area contributed by atoms with Crippen molar-refractivity contribution < 1.29 is 0 Å². The first-order valence-electron chi connectivity index (χ1n) is 11.3. The topological polar surface area (TPSA) is 68.2 Å². The summed E-state index contributed by atoms with van der Waals surface area (Å²) in [6.45, 7) is 2.73. The van der Waals surface area contributed by atoms with Crippen LogP contribution in [0.15, 0.2) is 84.9 Å². The van der Waals surface area contributed by atoms with E-state index in [-0.39, 0.29) is 6.04 Å². The summed E-state index contributed by atoms with van der Waals surface area (Å²) >= 11 is 12.3. The fourth-order valence-corrected chi connectivity index (χ4v) is 4.58. The molecule has 0 amide bonds. The summed E-state index contributed by atoms with van der Waals surface area (Å²) in [7, 11) is 0. The van der Waals surface area contributed by atoms with Gasteiger partial charge in [-0.3, -0.25) is 0 Å². The van der Waals surface area contributed by atoms with Gasteiger partial charge in [-0.05, 0) is 53.9 Å². The molecule has 1 aromatic heterocycles. The summed E-state index contributed by atoms with van der Waals surface area (Å²) in [5.41, 5.74) is 18.2. The maximum Gasteiger partial charge on any atom is 0.125 e. The Morgan fingerprint density at radius 1 is 0.853 bits per heavy atom. The lowest BCUT2D eigenvalue weighted by Crippen LogP contribution is -2.29. The number of hydrogen-bond acceptors (Lipinski definition) is 4. The van der Waals surface area contributed by atoms with Crippen molar-refractivity contribution in [3.8, 4) is 11.1 Å². The molecule has 1 atom stereocenters. The van der Waals surface area contributed by atoms with Gasteiger partial charge in [-0.1, -0.05) is 79.0 Å². The summed E-state index contributed by atoms with van der Waals surface area (Å²) in [6, 6.07) is 27.9. The molecule has 1 heterocycles. The van der Waals surface area contributed by atoms with Gasteiger partial charge in [0.1, 0.15) is 5.82 Å². The number of pyridine rings is 1. The van der Waals surface area contributed by atoms with Crippen LogP contribution in [-0.2, 0) is 6.54 Å². The van der Waals surface area contributed by atoms with Crippen molar-refractivity contribution in [2.75, 3.05) is 16.4 Å². The molecule has 0 aliphatic carbocycles. The van der Waals surface area contributed by atoms with Gasteiger partial charge in [-0.2, -0.15) is 0 Å². The van der Waals surface area contributed by atoms with Crippen molar-refractivity contribution in [3.63, 3.8) is 0 Å². The van der Waals surface area contributed by atoms with Gasteiger partial charge in [0.2, 0.25) is 0 Å². The third-order valence-corrected chi connectivity index (χ3v) is 6.38. The molecule has 0 aliphatic rings. The van der Waals surface area contributed by atoms with Crippen LogP contribution in [0.4, 0.5) is 17.2 Å². The van der Waals surface area contributed by atoms with E-state index >= 15 is 0 Å². The highest BCUT2D eigenvalue weighted by Crippen LogP contribution is 2.37. The van der Waals surface area contributed by atoms with Gasteiger partial charge < -0.3 is 16.4 Å². The number of anilines is 3. The Labute approximate surface area is 211 Å². The Hall–Kier alpha value is -3.21. The summed E-state index contributed by atoms with van der Waals surface area (Å²) in [5.74, 6) is 0.400. The van der Waals surface area contributed by atoms with E-state index in [4.69, 9.17) is 39.7 Å². The van der Waals surface area contributed by atoms with Crippen LogP contribution in [0.3, 0.4) is 0 Å². The maximum atomic E-state index is 6.48. The molecule has 0 radical (unpaired) electrons. The first-order chi connectivity index (χ1) is 16.5. The molecule has 1 unspecified atom stereocenters. The van der Waals surface area contributed by atoms with Gasteiger partial charge in [0, 0.05) is 33.0 Å². The lowest BCUT2D eigenvalue weighted by atomic mass is 9.97. The van der Waals surface area contributed by atoms with Gasteiger partial charge in [0.05, 0.1) is 18.3 Å². The minimum Gasteiger partial charge on any atom is -0.398 e. The summed E-state index contributed by atoms with van der Waals surface area (Å²) < 4.78 is 0. The van der Waals surface area contributed by atoms with Crippen molar-refractivity contribution >= 4 is 40.4 Å². The van der Waals surface area contributed by atoms with E-state index in [9.17, 15) is 0 Å². The van der Waals surface area contributed by atoms with Crippen molar-refractivity contribution in [1.29, 1.82) is 0 Å². The van der Waals surface area contributed by atoms with Crippen molar-refractivity contribution in [2.24, 2.45) is 0 Å². The van der Waals surface area contributed by atoms with Crippen LogP contribution in [0, 0.1) is 0 Å². The highest BCUT2D eigenvalue weighted by atomic mass is 35.5. The summed E-state index contributed by atoms with van der Waals surface area (Å²) in [4.78, 5) is 7.12. The first kappa shape index (κ1) is 23.9. The number of nitrogens with zero attached hydrogens (tertiary/aromatic N) is 2. The zero-order valence-electron chi connectivity index (χ0n) is 19.1. The van der Waals surface area contributed by atoms with E-state index in [0.29, 0.717) is 23.1 Å². The number of aromatic nitrogens is 1. The molecule has 4 nitrogen and oxygen atoms in total. The Bertz CT molecular complexity index is 1230. The minimum atomic E-state index is 0.118. The predicted molar refractivity (Wildman–Crippen MR) is 145 cm³/mol. The number of nitrogen functional groups attached to an aromatic ring is 2. The fraction of sp³-hybridized carbons (Fsp3) is 0.179. The van der Waals surface area contributed by atoms with Gasteiger partial charge in [-0.25, -0.2) is 4.98 Å². The van der Waals surface area contributed by atoms with Crippen LogP contribution in [0.25, 0.3) is 11.1 Å². The fourth-order valence-electron chi connectivity index (χ4n) is 4.33. The zero-order chi connectivity index (χ0) is 24.1. The predicted octanol–water partition coefficient (Wildman–Crippen LogP) is 7.77. The van der Waals surface area contributed by atoms with Crippen LogP contribution in [-0.4, -0.2) is 4.98 Å². The monoisotopic (exact) mass is 490 g/mol. The number of para-hydroxylation sites is 1. The second-order valence-corrected chi connectivity index (χ2v) is 9.16. The minimum absolute atomic E-state index is 0.118. The Balaban J connectivity index is 1.84. The van der Waals surface area contributed by atoms with Gasteiger partial charge >= 0.3 is 0 Å². The molecule has 0 bridgehead atoms. The highest BCUT2D eigenvalue weighted by molar-refractivity contribution is 6.30. The van der Waals surface area contributed by atoms with Crippen LogP contribution in [0.5, 0.6) is 0 Å². The molecule has 4 rings (SSSR count). The average molecular weight is 491 g/mol. The van der Waals surface area contributed by atoms with Gasteiger partial charge in [0.25, 0.3) is 0 Å². The molecular formula is C28H28Cl2N4. The number of benzene rings is 3. The van der Waals surface area contributed by atoms with Crippen LogP contribution in [0.2, 0.25) is 10.0 Å². The largest absolute Gasteiger partial charge is 0.398 e. The third kappa shape index (κ3) is 5.46. The number of halogens is 2. The van der Waals surface area contributed by atoms with Crippen LogP contribution < -0.4 is 16.4 Å². The molecule has 0 saturated carbocycles. The van der Waals surface area contributed by atoms with E-state index in [1.54, 1.807) is 6.07 Å². The molecule has 4 aromatic rings. The number of nitrogens with two attached hydrogens (primary N) is 2. The molecule has 3 aromatic carbocycles. The van der Waals surface area contributed by atoms with Gasteiger partial charge in [0.15, 0.2) is 0 Å². The molecule has 0 aliphatic heterocycles. The summed E-state index contributed by atoms with van der Waals surface area (Å²) in [6.07, 6.45) is 1.98. The van der Waals surface area contributed by atoms with Gasteiger partial charge in [-0.15, -0.1) is 0 Å². The molecule has 34 heavy (non-hydrogen) atoms.